The van der Waals surface area contributed by atoms with Crippen LogP contribution < -0.4 is 5.56 Å². The van der Waals surface area contributed by atoms with E-state index in [1.54, 1.807) is 18.5 Å². The van der Waals surface area contributed by atoms with Gasteiger partial charge in [-0.15, -0.1) is 0 Å². The molecule has 2 aromatic heterocycles. The van der Waals surface area contributed by atoms with Crippen molar-refractivity contribution in [3.63, 3.8) is 0 Å². The molecule has 0 amide bonds. The molecule has 3 rings (SSSR count). The summed E-state index contributed by atoms with van der Waals surface area (Å²) in [6.07, 6.45) is 0. The average Bonchev–Trinajstić information content (AvgIpc) is 2.90. The first kappa shape index (κ1) is 13.3. The normalized spacial score (nSPS) is 11.2. The largest absolute Gasteiger partial charge is 0.461 e. The van der Waals surface area contributed by atoms with Gasteiger partial charge in [0, 0.05) is 13.1 Å². The molecule has 2 heterocycles. The molecule has 0 fully saturated rings. The molecule has 0 saturated heterocycles. The van der Waals surface area contributed by atoms with E-state index in [1.807, 2.05) is 0 Å². The molecule has 108 valence electrons. The second-order valence-electron chi connectivity index (χ2n) is 4.55. The highest BCUT2D eigenvalue weighted by Crippen LogP contribution is 2.15. The smallest absolute Gasteiger partial charge is 0.358 e. The van der Waals surface area contributed by atoms with Crippen LogP contribution in [0.25, 0.3) is 16.6 Å². The van der Waals surface area contributed by atoms with Gasteiger partial charge in [0.1, 0.15) is 11.5 Å². The molecule has 0 unspecified atom stereocenters. The molecule has 0 atom stereocenters. The molecule has 3 aromatic rings. The van der Waals surface area contributed by atoms with Crippen LogP contribution in [0.4, 0.5) is 4.39 Å². The number of esters is 1. The van der Waals surface area contributed by atoms with Crippen molar-refractivity contribution in [2.24, 2.45) is 7.05 Å². The Bertz CT molecular complexity index is 926. The molecule has 7 heteroatoms. The number of hydrogen-bond acceptors (Lipinski definition) is 4. The second kappa shape index (κ2) is 4.69. The fraction of sp³-hybridized carbons (Fsp3) is 0.214. The van der Waals surface area contributed by atoms with Gasteiger partial charge in [0.05, 0.1) is 17.5 Å². The van der Waals surface area contributed by atoms with Gasteiger partial charge < -0.3 is 9.30 Å². The minimum Gasteiger partial charge on any atom is -0.461 e. The highest BCUT2D eigenvalue weighted by atomic mass is 19.1. The van der Waals surface area contributed by atoms with Crippen molar-refractivity contribution in [2.45, 2.75) is 6.92 Å². The van der Waals surface area contributed by atoms with E-state index >= 15 is 0 Å². The van der Waals surface area contributed by atoms with Gasteiger partial charge in [0.15, 0.2) is 5.69 Å². The van der Waals surface area contributed by atoms with Crippen molar-refractivity contribution in [1.82, 2.24) is 14.2 Å². The maximum atomic E-state index is 13.3. The lowest BCUT2D eigenvalue weighted by molar-refractivity contribution is 0.0519. The van der Waals surface area contributed by atoms with E-state index in [1.165, 1.54) is 18.2 Å². The van der Waals surface area contributed by atoms with E-state index in [0.29, 0.717) is 11.2 Å². The SMILES string of the molecule is CCOC(=O)c1cc2n(C)c3ccc(F)cc3c(=O)n2n1. The fourth-order valence-corrected chi connectivity index (χ4v) is 2.27. The average molecular weight is 289 g/mol. The maximum absolute atomic E-state index is 13.3. The highest BCUT2D eigenvalue weighted by Gasteiger charge is 2.17. The molecule has 0 aliphatic rings. The third-order valence-corrected chi connectivity index (χ3v) is 3.26. The molecule has 6 nitrogen and oxygen atoms in total. The molecule has 0 saturated carbocycles. The molecule has 0 aliphatic heterocycles. The lowest BCUT2D eigenvalue weighted by Crippen LogP contribution is -2.19. The predicted octanol–water partition coefficient (Wildman–Crippen LogP) is 1.50. The standard InChI is InChI=1S/C14H12FN3O3/c1-3-21-14(20)10-7-12-17(2)11-5-4-8(15)6-9(11)13(19)18(12)16-10/h4-7H,3H2,1-2H3. The van der Waals surface area contributed by atoms with Crippen molar-refractivity contribution in [3.05, 3.63) is 46.1 Å². The number of rotatable bonds is 2. The summed E-state index contributed by atoms with van der Waals surface area (Å²) >= 11 is 0. The van der Waals surface area contributed by atoms with E-state index < -0.39 is 17.3 Å². The van der Waals surface area contributed by atoms with Gasteiger partial charge in [-0.25, -0.2) is 9.18 Å². The van der Waals surface area contributed by atoms with Crippen LogP contribution in [-0.4, -0.2) is 26.8 Å². The Labute approximate surface area is 118 Å². The monoisotopic (exact) mass is 289 g/mol. The molecule has 1 aromatic carbocycles. The highest BCUT2D eigenvalue weighted by molar-refractivity contribution is 5.89. The van der Waals surface area contributed by atoms with Crippen molar-refractivity contribution in [2.75, 3.05) is 6.61 Å². The summed E-state index contributed by atoms with van der Waals surface area (Å²) in [5.41, 5.74) is 0.555. The fourth-order valence-electron chi connectivity index (χ4n) is 2.27. The van der Waals surface area contributed by atoms with Crippen molar-refractivity contribution in [1.29, 1.82) is 0 Å². The van der Waals surface area contributed by atoms with Gasteiger partial charge in [0.2, 0.25) is 0 Å². The molecule has 21 heavy (non-hydrogen) atoms. The van der Waals surface area contributed by atoms with Crippen LogP contribution in [0.1, 0.15) is 17.4 Å². The van der Waals surface area contributed by atoms with Crippen LogP contribution in [0.3, 0.4) is 0 Å². The number of nitrogens with zero attached hydrogens (tertiary/aromatic N) is 3. The summed E-state index contributed by atoms with van der Waals surface area (Å²) in [6.45, 7) is 1.90. The zero-order valence-electron chi connectivity index (χ0n) is 11.5. The van der Waals surface area contributed by atoms with Crippen LogP contribution >= 0.6 is 0 Å². The molecular formula is C14H12FN3O3. The second-order valence-corrected chi connectivity index (χ2v) is 4.55. The van der Waals surface area contributed by atoms with Gasteiger partial charge >= 0.3 is 5.97 Å². The van der Waals surface area contributed by atoms with Crippen LogP contribution in [-0.2, 0) is 11.8 Å². The Balaban J connectivity index is 2.37. The summed E-state index contributed by atoms with van der Waals surface area (Å²) in [7, 11) is 1.71. The van der Waals surface area contributed by atoms with Crippen molar-refractivity contribution < 1.29 is 13.9 Å². The summed E-state index contributed by atoms with van der Waals surface area (Å²) < 4.78 is 20.9. The summed E-state index contributed by atoms with van der Waals surface area (Å²) in [4.78, 5) is 24.1. The Kier molecular flexibility index (Phi) is 2.97. The quantitative estimate of drug-likeness (QED) is 0.671. The lowest BCUT2D eigenvalue weighted by Gasteiger charge is -2.07. The number of benzene rings is 1. The molecule has 0 N–H and O–H groups in total. The number of ether oxygens (including phenoxy) is 1. The van der Waals surface area contributed by atoms with Crippen molar-refractivity contribution in [3.8, 4) is 0 Å². The van der Waals surface area contributed by atoms with Crippen LogP contribution in [0, 0.1) is 5.82 Å². The topological polar surface area (TPSA) is 65.6 Å². The predicted molar refractivity (Wildman–Crippen MR) is 73.9 cm³/mol. The zero-order chi connectivity index (χ0) is 15.1. The van der Waals surface area contributed by atoms with Crippen LogP contribution in [0.2, 0.25) is 0 Å². The van der Waals surface area contributed by atoms with Crippen molar-refractivity contribution >= 4 is 22.5 Å². The minimum atomic E-state index is -0.601. The number of hydrogen-bond donors (Lipinski definition) is 0. The van der Waals surface area contributed by atoms with E-state index in [0.717, 1.165) is 10.6 Å². The number of aromatic nitrogens is 3. The number of carbonyl (C=O) groups is 1. The summed E-state index contributed by atoms with van der Waals surface area (Å²) in [5, 5.41) is 4.16. The Morgan fingerprint density at radius 3 is 2.86 bits per heavy atom. The van der Waals surface area contributed by atoms with E-state index in [-0.39, 0.29) is 17.7 Å². The Hall–Kier alpha value is -2.70. The number of fused-ring (bicyclic) bond motifs is 2. The van der Waals surface area contributed by atoms with Crippen LogP contribution in [0.15, 0.2) is 29.1 Å². The van der Waals surface area contributed by atoms with Crippen LogP contribution in [0.5, 0.6) is 0 Å². The molecule has 0 bridgehead atoms. The zero-order valence-corrected chi connectivity index (χ0v) is 11.5. The molecule has 0 aliphatic carbocycles. The lowest BCUT2D eigenvalue weighted by atomic mass is 10.2. The Morgan fingerprint density at radius 1 is 1.38 bits per heavy atom. The first-order valence-corrected chi connectivity index (χ1v) is 6.38. The number of carbonyl (C=O) groups excluding carboxylic acids is 1. The Morgan fingerprint density at radius 2 is 2.14 bits per heavy atom. The minimum absolute atomic E-state index is 0.0420. The van der Waals surface area contributed by atoms with E-state index in [9.17, 15) is 14.0 Å². The molecular weight excluding hydrogens is 277 g/mol. The molecule has 0 spiro atoms. The van der Waals surface area contributed by atoms with Gasteiger partial charge in [-0.3, -0.25) is 4.79 Å². The third-order valence-electron chi connectivity index (χ3n) is 3.26. The van der Waals surface area contributed by atoms with Gasteiger partial charge in [-0.2, -0.15) is 9.61 Å². The first-order valence-electron chi connectivity index (χ1n) is 6.38. The van der Waals surface area contributed by atoms with Gasteiger partial charge in [0.25, 0.3) is 5.56 Å². The van der Waals surface area contributed by atoms with E-state index in [2.05, 4.69) is 5.10 Å². The summed E-state index contributed by atoms with van der Waals surface area (Å²) in [6, 6.07) is 5.43. The summed E-state index contributed by atoms with van der Waals surface area (Å²) in [5.74, 6) is -1.10. The maximum Gasteiger partial charge on any atom is 0.358 e. The molecule has 0 radical (unpaired) electrons. The number of halogens is 1. The van der Waals surface area contributed by atoms with E-state index in [4.69, 9.17) is 4.74 Å². The third kappa shape index (κ3) is 1.97. The van der Waals surface area contributed by atoms with Gasteiger partial charge in [-0.1, -0.05) is 0 Å². The van der Waals surface area contributed by atoms with Gasteiger partial charge in [-0.05, 0) is 25.1 Å². The number of aryl methyl sites for hydroxylation is 1. The first-order chi connectivity index (χ1) is 10.0.